The first-order valence-electron chi connectivity index (χ1n) is 14.2. The largest absolute Gasteiger partial charge is 0.261 e. The molecule has 8 atom stereocenters. The maximum Gasteiger partial charge on any atom is 0.0438 e. The lowest BCUT2D eigenvalue weighted by Gasteiger charge is -2.60. The molecule has 0 aliphatic heterocycles. The van der Waals surface area contributed by atoms with Crippen molar-refractivity contribution in [3.63, 3.8) is 0 Å². The van der Waals surface area contributed by atoms with Gasteiger partial charge in [-0.25, -0.2) is 0 Å². The Morgan fingerprint density at radius 1 is 0.969 bits per heavy atom. The van der Waals surface area contributed by atoms with Gasteiger partial charge in [-0.15, -0.1) is 0 Å². The molecule has 0 amide bonds. The van der Waals surface area contributed by atoms with Gasteiger partial charge in [0.25, 0.3) is 0 Å². The van der Waals surface area contributed by atoms with Gasteiger partial charge in [-0.2, -0.15) is 0 Å². The van der Waals surface area contributed by atoms with Crippen molar-refractivity contribution in [2.45, 2.75) is 112 Å². The fourth-order valence-corrected chi connectivity index (χ4v) is 9.81. The van der Waals surface area contributed by atoms with E-state index in [9.17, 15) is 0 Å². The van der Waals surface area contributed by atoms with E-state index in [2.05, 4.69) is 53.8 Å². The minimum atomic E-state index is 0.508. The molecule has 4 aliphatic carbocycles. The van der Waals surface area contributed by atoms with E-state index in [1.54, 1.807) is 5.56 Å². The van der Waals surface area contributed by atoms with Crippen LogP contribution in [0.1, 0.15) is 109 Å². The first kappa shape index (κ1) is 22.9. The zero-order chi connectivity index (χ0) is 22.7. The predicted molar refractivity (Wildman–Crippen MR) is 136 cm³/mol. The Hall–Kier alpha value is -0.850. The lowest BCUT2D eigenvalue weighted by molar-refractivity contribution is -0.103. The second kappa shape index (κ2) is 8.42. The van der Waals surface area contributed by atoms with Gasteiger partial charge in [-0.3, -0.25) is 4.98 Å². The summed E-state index contributed by atoms with van der Waals surface area (Å²) in [5.41, 5.74) is 5.48. The molecule has 0 N–H and O–H groups in total. The van der Waals surface area contributed by atoms with Crippen LogP contribution in [0.15, 0.2) is 12.3 Å². The molecule has 1 nitrogen and oxygen atoms in total. The summed E-state index contributed by atoms with van der Waals surface area (Å²) < 4.78 is 0. The van der Waals surface area contributed by atoms with Crippen LogP contribution in [0, 0.1) is 59.2 Å². The first-order chi connectivity index (χ1) is 15.2. The quantitative estimate of drug-likeness (QED) is 0.452. The van der Waals surface area contributed by atoms with Crippen molar-refractivity contribution in [1.29, 1.82) is 0 Å². The van der Waals surface area contributed by atoms with E-state index in [-0.39, 0.29) is 0 Å². The Bertz CT molecular complexity index is 826. The smallest absolute Gasteiger partial charge is 0.0438 e. The minimum Gasteiger partial charge on any atom is -0.261 e. The maximum absolute atomic E-state index is 4.87. The van der Waals surface area contributed by atoms with Crippen LogP contribution < -0.4 is 0 Å². The lowest BCUT2D eigenvalue weighted by Crippen LogP contribution is -2.54. The Morgan fingerprint density at radius 2 is 1.75 bits per heavy atom. The fraction of sp³-hybridized carbons (Fsp3) is 0.839. The number of nitrogens with zero attached hydrogens (tertiary/aromatic N) is 1. The number of rotatable bonds is 5. The maximum atomic E-state index is 4.87. The van der Waals surface area contributed by atoms with Crippen molar-refractivity contribution in [2.24, 2.45) is 52.3 Å². The predicted octanol–water partition coefficient (Wildman–Crippen LogP) is 8.43. The van der Waals surface area contributed by atoms with E-state index in [0.29, 0.717) is 10.8 Å². The van der Waals surface area contributed by atoms with Gasteiger partial charge in [-0.05, 0) is 122 Å². The van der Waals surface area contributed by atoms with Gasteiger partial charge in [-0.1, -0.05) is 59.9 Å². The van der Waals surface area contributed by atoms with Gasteiger partial charge in [0.05, 0.1) is 0 Å². The third kappa shape index (κ3) is 3.69. The number of aromatic nitrogens is 1. The summed E-state index contributed by atoms with van der Waals surface area (Å²) in [4.78, 5) is 4.87. The van der Waals surface area contributed by atoms with Crippen molar-refractivity contribution >= 4 is 0 Å². The molecule has 4 aliphatic rings. The summed E-state index contributed by atoms with van der Waals surface area (Å²) in [7, 11) is 0. The first-order valence-corrected chi connectivity index (χ1v) is 14.2. The summed E-state index contributed by atoms with van der Waals surface area (Å²) in [5.74, 6) is 6.55. The Balaban J connectivity index is 1.34. The molecule has 1 aromatic rings. The molecule has 5 rings (SSSR count). The second-order valence-corrected chi connectivity index (χ2v) is 13.7. The summed E-state index contributed by atoms with van der Waals surface area (Å²) in [6.45, 7) is 15.0. The molecule has 178 valence electrons. The van der Waals surface area contributed by atoms with E-state index in [0.717, 1.165) is 41.4 Å². The zero-order valence-electron chi connectivity index (χ0n) is 21.9. The highest BCUT2D eigenvalue weighted by Gasteiger charge is 2.60. The Labute approximate surface area is 198 Å². The van der Waals surface area contributed by atoms with E-state index in [1.807, 2.05) is 0 Å². The molecule has 0 radical (unpaired) electrons. The zero-order valence-corrected chi connectivity index (χ0v) is 21.9. The molecule has 1 heteroatoms. The highest BCUT2D eigenvalue weighted by Crippen LogP contribution is 2.67. The Morgan fingerprint density at radius 3 is 2.53 bits per heavy atom. The Kier molecular flexibility index (Phi) is 6.03. The topological polar surface area (TPSA) is 12.9 Å². The van der Waals surface area contributed by atoms with E-state index in [4.69, 9.17) is 4.98 Å². The molecule has 0 saturated heterocycles. The van der Waals surface area contributed by atoms with Gasteiger partial charge in [0.15, 0.2) is 0 Å². The van der Waals surface area contributed by atoms with E-state index < -0.39 is 0 Å². The van der Waals surface area contributed by atoms with Crippen molar-refractivity contribution in [1.82, 2.24) is 4.98 Å². The summed E-state index contributed by atoms with van der Waals surface area (Å²) >= 11 is 0. The van der Waals surface area contributed by atoms with Crippen LogP contribution in [0.3, 0.4) is 0 Å². The molecular weight excluding hydrogens is 386 g/mol. The SMILES string of the molecule is Cc1cnc2c(c1)CC1(C)C(CCC3C1CCC1(C)C(C(C)CCCC(C)C)CCC31)C2. The van der Waals surface area contributed by atoms with Crippen LogP contribution in [-0.4, -0.2) is 4.98 Å². The van der Waals surface area contributed by atoms with Gasteiger partial charge < -0.3 is 0 Å². The summed E-state index contributed by atoms with van der Waals surface area (Å²) in [6, 6.07) is 2.46. The normalized spacial score (nSPS) is 41.5. The standard InChI is InChI=1S/C31H49N/c1-20(2)8-7-9-22(4)26-12-13-27-25-11-10-24-17-29-23(16-21(3)19-32-29)18-31(24,6)28(25)14-15-30(26,27)5/h16,19-20,22,24-28H,7-15,17-18H2,1-6H3. The molecule has 8 unspecified atom stereocenters. The van der Waals surface area contributed by atoms with Crippen LogP contribution in [-0.2, 0) is 12.8 Å². The molecule has 3 fully saturated rings. The minimum absolute atomic E-state index is 0.508. The van der Waals surface area contributed by atoms with Crippen molar-refractivity contribution in [3.05, 3.63) is 29.1 Å². The number of aryl methyl sites for hydroxylation is 1. The van der Waals surface area contributed by atoms with Crippen LogP contribution in [0.25, 0.3) is 0 Å². The monoisotopic (exact) mass is 435 g/mol. The molecule has 32 heavy (non-hydrogen) atoms. The lowest BCUT2D eigenvalue weighted by atomic mass is 9.44. The molecular formula is C31H49N. The van der Waals surface area contributed by atoms with Crippen LogP contribution in [0.4, 0.5) is 0 Å². The van der Waals surface area contributed by atoms with Gasteiger partial charge in [0, 0.05) is 11.9 Å². The van der Waals surface area contributed by atoms with Crippen LogP contribution >= 0.6 is 0 Å². The number of fused-ring (bicyclic) bond motifs is 6. The average Bonchev–Trinajstić information content (AvgIpc) is 3.09. The van der Waals surface area contributed by atoms with Gasteiger partial charge in [0.2, 0.25) is 0 Å². The fourth-order valence-electron chi connectivity index (χ4n) is 9.81. The molecule has 0 bridgehead atoms. The van der Waals surface area contributed by atoms with Gasteiger partial charge >= 0.3 is 0 Å². The number of hydrogen-bond donors (Lipinski definition) is 0. The highest BCUT2D eigenvalue weighted by molar-refractivity contribution is 5.30. The second-order valence-electron chi connectivity index (χ2n) is 13.7. The summed E-state index contributed by atoms with van der Waals surface area (Å²) in [5, 5.41) is 0. The molecule has 0 spiro atoms. The average molecular weight is 436 g/mol. The molecule has 3 saturated carbocycles. The summed E-state index contributed by atoms with van der Waals surface area (Å²) in [6.07, 6.45) is 17.9. The van der Waals surface area contributed by atoms with Crippen molar-refractivity contribution in [2.75, 3.05) is 0 Å². The third-order valence-corrected chi connectivity index (χ3v) is 11.5. The highest BCUT2D eigenvalue weighted by atomic mass is 14.7. The number of pyridine rings is 1. The molecule has 0 aromatic carbocycles. The molecule has 1 heterocycles. The number of hydrogen-bond acceptors (Lipinski definition) is 1. The molecule has 1 aromatic heterocycles. The van der Waals surface area contributed by atoms with Crippen LogP contribution in [0.2, 0.25) is 0 Å². The van der Waals surface area contributed by atoms with E-state index >= 15 is 0 Å². The van der Waals surface area contributed by atoms with Crippen molar-refractivity contribution < 1.29 is 0 Å². The van der Waals surface area contributed by atoms with E-state index in [1.165, 1.54) is 81.9 Å². The van der Waals surface area contributed by atoms with Crippen molar-refractivity contribution in [3.8, 4) is 0 Å². The van der Waals surface area contributed by atoms with Crippen LogP contribution in [0.5, 0.6) is 0 Å². The van der Waals surface area contributed by atoms with Gasteiger partial charge in [0.1, 0.15) is 0 Å². The third-order valence-electron chi connectivity index (χ3n) is 11.5.